The third-order valence-corrected chi connectivity index (χ3v) is 7.66. The number of rotatable bonds is 5. The maximum atomic E-state index is 13.6. The SMILES string of the molecule is COc1cnc(C)cc1-c1cc(N2CC(=O)N(C)C2=O)ccc1C(=O)Nc1nc2c(s1)=NC(C#CC1CC1)CN=2. The van der Waals surface area contributed by atoms with Crippen LogP contribution in [0, 0.1) is 24.7 Å². The number of amides is 4. The normalized spacial score (nSPS) is 17.9. The summed E-state index contributed by atoms with van der Waals surface area (Å²) in [6, 6.07) is 6.14. The van der Waals surface area contributed by atoms with Crippen molar-refractivity contribution in [3.63, 3.8) is 0 Å². The second-order valence-electron chi connectivity index (χ2n) is 9.73. The van der Waals surface area contributed by atoms with Gasteiger partial charge in [0, 0.05) is 41.0 Å². The molecular formula is C28H25N7O4S. The van der Waals surface area contributed by atoms with Gasteiger partial charge < -0.3 is 4.74 Å². The van der Waals surface area contributed by atoms with Crippen molar-refractivity contribution in [2.45, 2.75) is 25.8 Å². The second kappa shape index (κ2) is 10.2. The van der Waals surface area contributed by atoms with Crippen LogP contribution in [0.15, 0.2) is 40.4 Å². The standard InChI is InChI=1S/C28H25N7O4S/c1-15-10-21(22(39-3)13-29-15)20-11-18(35-14-23(36)34(2)28(35)38)8-9-19(20)25(37)33-27-32-24-26(40-27)31-17(12-30-24)7-6-16-4-5-16/h8-11,13,16-17H,4-5,12,14H2,1-3H3,(H,30,32,33,37). The second-order valence-corrected chi connectivity index (χ2v) is 10.7. The summed E-state index contributed by atoms with van der Waals surface area (Å²) in [7, 11) is 2.96. The number of imide groups is 1. The number of likely N-dealkylation sites (N-methyl/N-ethyl adjacent to an activating group) is 1. The van der Waals surface area contributed by atoms with Crippen molar-refractivity contribution in [2.75, 3.05) is 37.5 Å². The van der Waals surface area contributed by atoms with E-state index in [4.69, 9.17) is 4.74 Å². The Balaban J connectivity index is 1.36. The summed E-state index contributed by atoms with van der Waals surface area (Å²) >= 11 is 1.25. The number of urea groups is 1. The Hall–Kier alpha value is -4.63. The van der Waals surface area contributed by atoms with E-state index in [1.165, 1.54) is 30.4 Å². The zero-order chi connectivity index (χ0) is 28.0. The monoisotopic (exact) mass is 555 g/mol. The minimum atomic E-state index is -0.438. The van der Waals surface area contributed by atoms with Gasteiger partial charge in [0.05, 0.1) is 19.9 Å². The summed E-state index contributed by atoms with van der Waals surface area (Å²) in [4.78, 5) is 58.8. The summed E-state index contributed by atoms with van der Waals surface area (Å²) in [6.45, 7) is 2.19. The number of carbonyl (C=O) groups excluding carboxylic acids is 3. The molecule has 1 atom stereocenters. The molecule has 0 radical (unpaired) electrons. The molecule has 4 amide bonds. The van der Waals surface area contributed by atoms with E-state index in [0.29, 0.717) is 55.9 Å². The number of pyridine rings is 1. The number of carbonyl (C=O) groups is 3. The van der Waals surface area contributed by atoms with Gasteiger partial charge in [-0.15, -0.1) is 0 Å². The minimum Gasteiger partial charge on any atom is -0.494 e. The third-order valence-electron chi connectivity index (χ3n) is 6.79. The van der Waals surface area contributed by atoms with E-state index in [1.54, 1.807) is 30.5 Å². The molecular weight excluding hydrogens is 530 g/mol. The fraction of sp³-hybridized carbons (Fsp3) is 0.321. The van der Waals surface area contributed by atoms with Crippen molar-refractivity contribution in [2.24, 2.45) is 15.9 Å². The Morgan fingerprint density at radius 3 is 2.73 bits per heavy atom. The smallest absolute Gasteiger partial charge is 0.331 e. The Kier molecular flexibility index (Phi) is 6.51. The van der Waals surface area contributed by atoms with Crippen LogP contribution in [0.25, 0.3) is 11.1 Å². The van der Waals surface area contributed by atoms with E-state index in [0.717, 1.165) is 23.4 Å². The molecule has 40 heavy (non-hydrogen) atoms. The molecule has 1 saturated heterocycles. The molecule has 1 aromatic carbocycles. The van der Waals surface area contributed by atoms with Crippen LogP contribution < -0.4 is 25.1 Å². The summed E-state index contributed by atoms with van der Waals surface area (Å²) in [5, 5.41) is 3.25. The van der Waals surface area contributed by atoms with Crippen LogP contribution in [0.2, 0.25) is 0 Å². The molecule has 6 rings (SSSR count). The molecule has 2 fully saturated rings. The van der Waals surface area contributed by atoms with Gasteiger partial charge in [-0.2, -0.15) is 4.98 Å². The molecule has 1 aliphatic carbocycles. The molecule has 1 unspecified atom stereocenters. The van der Waals surface area contributed by atoms with Crippen molar-refractivity contribution >= 4 is 40.0 Å². The highest BCUT2D eigenvalue weighted by Crippen LogP contribution is 2.36. The highest BCUT2D eigenvalue weighted by atomic mass is 32.1. The summed E-state index contributed by atoms with van der Waals surface area (Å²) in [6.07, 6.45) is 3.88. The lowest BCUT2D eigenvalue weighted by Crippen LogP contribution is -2.31. The van der Waals surface area contributed by atoms with Crippen LogP contribution in [0.3, 0.4) is 0 Å². The predicted octanol–water partition coefficient (Wildman–Crippen LogP) is 2.21. The molecule has 0 bridgehead atoms. The van der Waals surface area contributed by atoms with Crippen LogP contribution in [0.5, 0.6) is 5.75 Å². The van der Waals surface area contributed by atoms with E-state index in [-0.39, 0.29) is 18.5 Å². The van der Waals surface area contributed by atoms with Gasteiger partial charge in [-0.3, -0.25) is 39.7 Å². The van der Waals surface area contributed by atoms with Crippen LogP contribution >= 0.6 is 11.3 Å². The molecule has 11 nitrogen and oxygen atoms in total. The number of benzene rings is 1. The molecule has 1 saturated carbocycles. The highest BCUT2D eigenvalue weighted by Gasteiger charge is 2.34. The maximum absolute atomic E-state index is 13.6. The first-order chi connectivity index (χ1) is 19.3. The number of aromatic nitrogens is 2. The van der Waals surface area contributed by atoms with Crippen LogP contribution in [-0.2, 0) is 4.79 Å². The fourth-order valence-electron chi connectivity index (χ4n) is 4.42. The van der Waals surface area contributed by atoms with Gasteiger partial charge in [-0.05, 0) is 44.0 Å². The maximum Gasteiger partial charge on any atom is 0.331 e. The Morgan fingerprint density at radius 2 is 2.00 bits per heavy atom. The van der Waals surface area contributed by atoms with E-state index < -0.39 is 11.9 Å². The highest BCUT2D eigenvalue weighted by molar-refractivity contribution is 7.13. The summed E-state index contributed by atoms with van der Waals surface area (Å²) < 4.78 is 6.19. The Bertz CT molecular complexity index is 1750. The lowest BCUT2D eigenvalue weighted by molar-refractivity contribution is -0.123. The molecule has 0 spiro atoms. The van der Waals surface area contributed by atoms with Crippen LogP contribution in [0.1, 0.15) is 28.9 Å². The molecule has 2 aliphatic heterocycles. The molecule has 3 aromatic rings. The first kappa shape index (κ1) is 25.6. The van der Waals surface area contributed by atoms with Gasteiger partial charge in [0.25, 0.3) is 5.91 Å². The number of methoxy groups -OCH3 is 1. The van der Waals surface area contributed by atoms with Crippen molar-refractivity contribution in [3.05, 3.63) is 51.9 Å². The van der Waals surface area contributed by atoms with Crippen molar-refractivity contribution in [1.29, 1.82) is 0 Å². The third kappa shape index (κ3) is 4.91. The lowest BCUT2D eigenvalue weighted by atomic mass is 9.97. The average Bonchev–Trinajstić information content (AvgIpc) is 3.65. The number of anilines is 2. The molecule has 3 aliphatic rings. The molecule has 2 aromatic heterocycles. The zero-order valence-electron chi connectivity index (χ0n) is 22.1. The lowest BCUT2D eigenvalue weighted by Gasteiger charge is -2.19. The number of hydrogen-bond donors (Lipinski definition) is 1. The largest absolute Gasteiger partial charge is 0.494 e. The number of ether oxygens (including phenoxy) is 1. The Labute approximate surface area is 233 Å². The number of aryl methyl sites for hydroxylation is 1. The Morgan fingerprint density at radius 1 is 1.18 bits per heavy atom. The van der Waals surface area contributed by atoms with Gasteiger partial charge in [0.2, 0.25) is 5.91 Å². The quantitative estimate of drug-likeness (QED) is 0.380. The first-order valence-electron chi connectivity index (χ1n) is 12.8. The van der Waals surface area contributed by atoms with Gasteiger partial charge >= 0.3 is 6.03 Å². The molecule has 4 heterocycles. The van der Waals surface area contributed by atoms with Gasteiger partial charge in [0.1, 0.15) is 18.3 Å². The number of nitrogens with one attached hydrogen (secondary N) is 1. The summed E-state index contributed by atoms with van der Waals surface area (Å²) in [5.41, 5.74) is 3.15. The number of fused-ring (bicyclic) bond motifs is 1. The topological polar surface area (TPSA) is 129 Å². The van der Waals surface area contributed by atoms with Gasteiger partial charge in [0.15, 0.2) is 15.3 Å². The number of hydrogen-bond acceptors (Lipinski definition) is 9. The fourth-order valence-corrected chi connectivity index (χ4v) is 5.26. The predicted molar refractivity (Wildman–Crippen MR) is 148 cm³/mol. The molecule has 1 N–H and O–H groups in total. The average molecular weight is 556 g/mol. The van der Waals surface area contributed by atoms with E-state index in [9.17, 15) is 14.4 Å². The van der Waals surface area contributed by atoms with E-state index in [2.05, 4.69) is 37.1 Å². The van der Waals surface area contributed by atoms with Crippen molar-refractivity contribution in [3.8, 4) is 28.7 Å². The number of nitrogens with zero attached hydrogens (tertiary/aromatic N) is 6. The van der Waals surface area contributed by atoms with Gasteiger partial charge in [-0.25, -0.2) is 4.79 Å². The molecule has 12 heteroatoms. The van der Waals surface area contributed by atoms with E-state index in [1.807, 2.05) is 6.92 Å². The summed E-state index contributed by atoms with van der Waals surface area (Å²) in [5.74, 6) is 6.65. The molecule has 202 valence electrons. The van der Waals surface area contributed by atoms with Gasteiger partial charge in [-0.1, -0.05) is 23.2 Å². The minimum absolute atomic E-state index is 0.0868. The van der Waals surface area contributed by atoms with Crippen molar-refractivity contribution < 1.29 is 19.1 Å². The van der Waals surface area contributed by atoms with Crippen LogP contribution in [0.4, 0.5) is 15.6 Å². The van der Waals surface area contributed by atoms with Crippen molar-refractivity contribution in [1.82, 2.24) is 14.9 Å². The number of thiazole rings is 1. The van der Waals surface area contributed by atoms with E-state index >= 15 is 0 Å². The van der Waals surface area contributed by atoms with Crippen LogP contribution in [-0.4, -0.2) is 66.0 Å². The zero-order valence-corrected chi connectivity index (χ0v) is 22.9. The first-order valence-corrected chi connectivity index (χ1v) is 13.6.